The SMILES string of the molecule is c1ccc2c(c1)-c1cccc3cccc-2c13.c1ccc2c(c1)c1cccc3c4c5ccccc5c5cccc(c2c13)c54.c1ccc2c(c1)c1cccc3ccc4cccc2c4c31.c1ccc2c(c1)cc1c3cccc4c5ccccc5cc(c5cccc2c51)c43.c1ccc2cc3c(cc2c1)c1cccc2ccc4cccc3c4c21. The molecule has 0 spiro atoms. The van der Waals surface area contributed by atoms with Gasteiger partial charge in [0.05, 0.1) is 0 Å². The molecule has 28 aromatic rings. The molecular weight excluding hydrogens is 1370 g/mol. The van der Waals surface area contributed by atoms with Gasteiger partial charge in [0.25, 0.3) is 0 Å². The van der Waals surface area contributed by atoms with Gasteiger partial charge in [-0.2, -0.15) is 0 Å². The summed E-state index contributed by atoms with van der Waals surface area (Å²) in [6.07, 6.45) is 0. The van der Waals surface area contributed by atoms with Crippen LogP contribution in [0.2, 0.25) is 0 Å². The standard InChI is InChI=1S/C28H16.C26H14.C24H14.C20H12.C16H10/c1-3-9-19-17(7-1)15-25-23-13-6-12-22-20-10-4-2-8-18(20)16-26(28(22)23)24-14-5-11-21(19)27(24)25;1-3-9-17-15(7-1)19-11-5-13-22-24-18-10-4-2-8-16(18)20-12-6-14-21(26(20)24)23(17)25(19)22;1-2-6-18-14-22-20-10-4-8-16-12-11-15-7-3-9-19(23(15)24(16)20)21(22)13-17(18)5-1;1-2-8-16-15(7-1)17-9-3-5-13-11-12-14-6-4-10-18(16)20(14)19(13)17;1-2-8-13-12(7-1)14-9-3-5-11-6-4-10-15(13)16(11)14/h1-16H;1-14H;1-14H;1-12H;1-10H. The van der Waals surface area contributed by atoms with Gasteiger partial charge in [-0.15, -0.1) is 0 Å². The minimum absolute atomic E-state index is 1.31. The van der Waals surface area contributed by atoms with E-state index < -0.39 is 0 Å². The highest BCUT2D eigenvalue weighted by molar-refractivity contribution is 6.48. The Hall–Kier alpha value is -14.8. The summed E-state index contributed by atoms with van der Waals surface area (Å²) in [5.74, 6) is 0. The van der Waals surface area contributed by atoms with Crippen molar-refractivity contribution in [1.29, 1.82) is 0 Å². The molecule has 0 amide bonds. The lowest BCUT2D eigenvalue weighted by Gasteiger charge is -2.17. The van der Waals surface area contributed by atoms with Crippen LogP contribution in [-0.4, -0.2) is 0 Å². The summed E-state index contributed by atoms with van der Waals surface area (Å²) in [7, 11) is 0. The second-order valence-corrected chi connectivity index (χ2v) is 31.3. The van der Waals surface area contributed by atoms with Crippen LogP contribution in [0.3, 0.4) is 0 Å². The Morgan fingerprint density at radius 3 is 0.623 bits per heavy atom. The van der Waals surface area contributed by atoms with Crippen molar-refractivity contribution in [3.8, 4) is 22.3 Å². The molecule has 0 aromatic heterocycles. The molecule has 0 heterocycles. The molecule has 1 aliphatic carbocycles. The van der Waals surface area contributed by atoms with Crippen LogP contribution in [0, 0.1) is 0 Å². The lowest BCUT2D eigenvalue weighted by molar-refractivity contribution is 1.70. The lowest BCUT2D eigenvalue weighted by atomic mass is 9.86. The van der Waals surface area contributed by atoms with Crippen molar-refractivity contribution in [1.82, 2.24) is 0 Å². The molecule has 29 rings (SSSR count). The van der Waals surface area contributed by atoms with Crippen molar-refractivity contribution in [2.45, 2.75) is 0 Å². The highest BCUT2D eigenvalue weighted by Gasteiger charge is 2.24. The molecule has 0 bridgehead atoms. The van der Waals surface area contributed by atoms with Crippen LogP contribution in [0.1, 0.15) is 0 Å². The van der Waals surface area contributed by atoms with Crippen molar-refractivity contribution < 1.29 is 0 Å². The van der Waals surface area contributed by atoms with Crippen LogP contribution in [0.5, 0.6) is 0 Å². The van der Waals surface area contributed by atoms with E-state index in [1.54, 1.807) is 0 Å². The number of benzene rings is 26. The van der Waals surface area contributed by atoms with Gasteiger partial charge < -0.3 is 0 Å². The largest absolute Gasteiger partial charge is 0.0616 e. The quantitative estimate of drug-likeness (QED) is 0.105. The van der Waals surface area contributed by atoms with E-state index in [2.05, 4.69) is 400 Å². The van der Waals surface area contributed by atoms with Crippen LogP contribution >= 0.6 is 0 Å². The van der Waals surface area contributed by atoms with Crippen LogP contribution in [0.15, 0.2) is 400 Å². The average Bonchev–Trinajstić information content (AvgIpc) is 1.64. The van der Waals surface area contributed by atoms with E-state index in [0.29, 0.717) is 0 Å². The van der Waals surface area contributed by atoms with Crippen LogP contribution in [0.25, 0.3) is 259 Å². The Kier molecular flexibility index (Phi) is 13.5. The van der Waals surface area contributed by atoms with Gasteiger partial charge in [-0.25, -0.2) is 0 Å². The maximum atomic E-state index is 2.38. The van der Waals surface area contributed by atoms with Crippen molar-refractivity contribution >= 4 is 237 Å². The normalized spacial score (nSPS) is 12.2. The number of rotatable bonds is 0. The molecule has 0 atom stereocenters. The summed E-state index contributed by atoms with van der Waals surface area (Å²) in [5.41, 5.74) is 5.50. The second kappa shape index (κ2) is 24.3. The minimum Gasteiger partial charge on any atom is -0.0616 e. The van der Waals surface area contributed by atoms with E-state index >= 15 is 0 Å². The van der Waals surface area contributed by atoms with Crippen molar-refractivity contribution in [3.05, 3.63) is 400 Å². The third-order valence-electron chi connectivity index (χ3n) is 25.6. The summed E-state index contributed by atoms with van der Waals surface area (Å²) in [6.45, 7) is 0. The van der Waals surface area contributed by atoms with Gasteiger partial charge in [0.15, 0.2) is 0 Å². The molecule has 0 saturated heterocycles. The molecule has 0 unspecified atom stereocenters. The highest BCUT2D eigenvalue weighted by atomic mass is 14.3. The minimum atomic E-state index is 1.31. The molecule has 0 saturated carbocycles. The summed E-state index contributed by atoms with van der Waals surface area (Å²) in [4.78, 5) is 0. The van der Waals surface area contributed by atoms with Gasteiger partial charge in [-0.1, -0.05) is 376 Å². The summed E-state index contributed by atoms with van der Waals surface area (Å²) >= 11 is 0. The molecule has 0 fully saturated rings. The fourth-order valence-corrected chi connectivity index (χ4v) is 21.0. The van der Waals surface area contributed by atoms with Crippen molar-refractivity contribution in [3.63, 3.8) is 0 Å². The molecule has 0 nitrogen and oxygen atoms in total. The average molecular weight is 1440 g/mol. The van der Waals surface area contributed by atoms with E-state index in [1.807, 2.05) is 0 Å². The fraction of sp³-hybridized carbons (Fsp3) is 0. The molecule has 28 aromatic carbocycles. The number of fused-ring (bicyclic) bond motifs is 24. The fourth-order valence-electron chi connectivity index (χ4n) is 21.0. The lowest BCUT2D eigenvalue weighted by Crippen LogP contribution is -1.89. The molecule has 114 heavy (non-hydrogen) atoms. The molecule has 0 aliphatic heterocycles. The first-order valence-electron chi connectivity index (χ1n) is 39.9. The van der Waals surface area contributed by atoms with E-state index in [1.165, 1.54) is 259 Å². The Morgan fingerprint density at radius 1 is 0.0789 bits per heavy atom. The van der Waals surface area contributed by atoms with Gasteiger partial charge in [0.1, 0.15) is 0 Å². The van der Waals surface area contributed by atoms with E-state index in [0.717, 1.165) is 0 Å². The third-order valence-corrected chi connectivity index (χ3v) is 25.6. The molecular formula is C114H66. The van der Waals surface area contributed by atoms with E-state index in [9.17, 15) is 0 Å². The molecule has 0 heteroatoms. The summed E-state index contributed by atoms with van der Waals surface area (Å²) in [6, 6.07) is 147. The predicted octanol–water partition coefficient (Wildman–Crippen LogP) is 32.6. The molecule has 0 N–H and O–H groups in total. The maximum absolute atomic E-state index is 2.38. The van der Waals surface area contributed by atoms with E-state index in [-0.39, 0.29) is 0 Å². The van der Waals surface area contributed by atoms with E-state index in [4.69, 9.17) is 0 Å². The van der Waals surface area contributed by atoms with Crippen molar-refractivity contribution in [2.75, 3.05) is 0 Å². The van der Waals surface area contributed by atoms with Crippen LogP contribution in [-0.2, 0) is 0 Å². The Morgan fingerprint density at radius 2 is 0.272 bits per heavy atom. The van der Waals surface area contributed by atoms with Gasteiger partial charge in [0, 0.05) is 0 Å². The topological polar surface area (TPSA) is 0 Å². The van der Waals surface area contributed by atoms with Crippen LogP contribution < -0.4 is 0 Å². The highest BCUT2D eigenvalue weighted by Crippen LogP contribution is 2.52. The molecule has 0 radical (unpaired) electrons. The van der Waals surface area contributed by atoms with Crippen molar-refractivity contribution in [2.24, 2.45) is 0 Å². The second-order valence-electron chi connectivity index (χ2n) is 31.3. The summed E-state index contributed by atoms with van der Waals surface area (Å²) < 4.78 is 0. The first-order valence-corrected chi connectivity index (χ1v) is 39.9. The number of hydrogen-bond donors (Lipinski definition) is 0. The molecule has 1 aliphatic rings. The first kappa shape index (κ1) is 63.0. The maximum Gasteiger partial charge on any atom is -0.00137 e. The number of hydrogen-bond acceptors (Lipinski definition) is 0. The predicted molar refractivity (Wildman–Crippen MR) is 498 cm³/mol. The van der Waals surface area contributed by atoms with Gasteiger partial charge in [-0.05, 0) is 284 Å². The summed E-state index contributed by atoms with van der Waals surface area (Å²) in [5, 5.41) is 60.0. The van der Waals surface area contributed by atoms with Gasteiger partial charge >= 0.3 is 0 Å². The smallest absolute Gasteiger partial charge is 0.00137 e. The van der Waals surface area contributed by atoms with Crippen LogP contribution in [0.4, 0.5) is 0 Å². The monoisotopic (exact) mass is 1430 g/mol. The third kappa shape index (κ3) is 8.99. The zero-order valence-electron chi connectivity index (χ0n) is 62.1. The first-order chi connectivity index (χ1) is 56.6. The zero-order valence-corrected chi connectivity index (χ0v) is 62.1. The Bertz CT molecular complexity index is 8360. The van der Waals surface area contributed by atoms with Gasteiger partial charge in [-0.3, -0.25) is 0 Å². The Labute approximate surface area is 655 Å². The zero-order chi connectivity index (χ0) is 74.4. The Balaban J connectivity index is 0.0000000812. The molecule has 522 valence electrons. The van der Waals surface area contributed by atoms with Gasteiger partial charge in [0.2, 0.25) is 0 Å².